The fraction of sp³-hybridized carbons (Fsp3) is 0.542. The Hall–Kier alpha value is -2.87. The van der Waals surface area contributed by atoms with E-state index < -0.39 is 40.5 Å². The first-order valence-corrected chi connectivity index (χ1v) is 11.0. The van der Waals surface area contributed by atoms with E-state index in [1.807, 2.05) is 6.92 Å². The van der Waals surface area contributed by atoms with Crippen LogP contribution in [-0.2, 0) is 14.3 Å². The van der Waals surface area contributed by atoms with Crippen molar-refractivity contribution in [2.45, 2.75) is 57.7 Å². The first kappa shape index (κ1) is 21.0. The first-order chi connectivity index (χ1) is 15.1. The van der Waals surface area contributed by atoms with Crippen LogP contribution >= 0.6 is 0 Å². The van der Waals surface area contributed by atoms with E-state index in [4.69, 9.17) is 9.84 Å². The highest BCUT2D eigenvalue weighted by Gasteiger charge is 2.73. The molecule has 1 spiro atoms. The van der Waals surface area contributed by atoms with Gasteiger partial charge in [0.05, 0.1) is 6.10 Å². The van der Waals surface area contributed by atoms with Gasteiger partial charge in [-0.15, -0.1) is 0 Å². The van der Waals surface area contributed by atoms with Gasteiger partial charge in [0.1, 0.15) is 23.1 Å². The number of anilines is 1. The van der Waals surface area contributed by atoms with Crippen LogP contribution in [0.4, 0.5) is 5.69 Å². The van der Waals surface area contributed by atoms with Gasteiger partial charge in [-0.1, -0.05) is 19.1 Å². The molecule has 8 nitrogen and oxygen atoms in total. The third kappa shape index (κ3) is 2.81. The number of carboxylic acids is 1. The molecular formula is C24H27NO7. The van der Waals surface area contributed by atoms with Crippen LogP contribution in [0.25, 0.3) is 0 Å². The molecule has 2 bridgehead atoms. The second kappa shape index (κ2) is 6.81. The average Bonchev–Trinajstić information content (AvgIpc) is 3.56. The number of carbonyl (C=O) groups excluding carboxylic acids is 2. The van der Waals surface area contributed by atoms with Gasteiger partial charge in [0.25, 0.3) is 0 Å². The molecule has 1 amide bonds. The Bertz CT molecular complexity index is 1060. The number of allylic oxidation sites excluding steroid dienone is 1. The van der Waals surface area contributed by atoms with E-state index in [1.54, 1.807) is 0 Å². The van der Waals surface area contributed by atoms with Crippen molar-refractivity contribution in [1.29, 1.82) is 0 Å². The van der Waals surface area contributed by atoms with Crippen molar-refractivity contribution in [3.8, 4) is 11.5 Å². The molecule has 1 aliphatic heterocycles. The summed E-state index contributed by atoms with van der Waals surface area (Å²) in [5.74, 6) is -2.44. The molecule has 1 aromatic rings. The van der Waals surface area contributed by atoms with Crippen LogP contribution in [0, 0.1) is 22.7 Å². The zero-order valence-electron chi connectivity index (χ0n) is 17.9. The molecule has 32 heavy (non-hydrogen) atoms. The van der Waals surface area contributed by atoms with Crippen molar-refractivity contribution in [2.75, 3.05) is 5.32 Å². The maximum Gasteiger partial charge on any atom is 0.339 e. The molecular weight excluding hydrogens is 414 g/mol. The van der Waals surface area contributed by atoms with Crippen LogP contribution in [0.1, 0.15) is 55.8 Å². The Morgan fingerprint density at radius 1 is 1.31 bits per heavy atom. The fourth-order valence-corrected chi connectivity index (χ4v) is 6.73. The highest BCUT2D eigenvalue weighted by Crippen LogP contribution is 2.70. The number of Topliss-reactive ketones (excluding diaryl/α,β-unsaturated/α-hetero) is 1. The number of carbonyl (C=O) groups is 3. The highest BCUT2D eigenvalue weighted by molar-refractivity contribution is 6.00. The number of ketones is 1. The van der Waals surface area contributed by atoms with E-state index in [2.05, 4.69) is 11.9 Å². The Labute approximate surface area is 185 Å². The largest absolute Gasteiger partial charge is 0.506 e. The van der Waals surface area contributed by atoms with Gasteiger partial charge >= 0.3 is 5.97 Å². The standard InChI is InChI=1S/C24H27NO7/c1-11-10-24-8-5-12(11)9-15(24)23(2,20(29)19-21(24)32-19)7-6-16(27)25-17-14(26)4-3-13(18(17)28)22(30)31/h3-4,12,15,19,21,26,28H,1,5-10H2,2H3,(H,25,27)(H,30,31)/t12-,15+,19+,21+,23+,24+/m1/s1. The number of phenols is 2. The lowest BCUT2D eigenvalue weighted by atomic mass is 9.42. The zero-order valence-corrected chi connectivity index (χ0v) is 17.9. The molecule has 6 rings (SSSR count). The van der Waals surface area contributed by atoms with Crippen molar-refractivity contribution in [3.05, 3.63) is 29.8 Å². The quantitative estimate of drug-likeness (QED) is 0.313. The minimum absolute atomic E-state index is 0.00595. The number of hydrogen-bond donors (Lipinski definition) is 4. The minimum atomic E-state index is -1.38. The first-order valence-electron chi connectivity index (χ1n) is 11.0. The molecule has 0 radical (unpaired) electrons. The number of nitrogens with one attached hydrogen (secondary N) is 1. The summed E-state index contributed by atoms with van der Waals surface area (Å²) in [5, 5.41) is 31.7. The van der Waals surface area contributed by atoms with Crippen LogP contribution in [0.5, 0.6) is 11.5 Å². The molecule has 1 aromatic carbocycles. The summed E-state index contributed by atoms with van der Waals surface area (Å²) < 4.78 is 5.88. The number of fused-ring (bicyclic) bond motifs is 3. The number of aromatic carboxylic acids is 1. The number of epoxide rings is 1. The number of rotatable bonds is 5. The van der Waals surface area contributed by atoms with Crippen molar-refractivity contribution in [3.63, 3.8) is 0 Å². The summed E-state index contributed by atoms with van der Waals surface area (Å²) >= 11 is 0. The molecule has 170 valence electrons. The van der Waals surface area contributed by atoms with Crippen molar-refractivity contribution in [2.24, 2.45) is 22.7 Å². The monoisotopic (exact) mass is 441 g/mol. The SMILES string of the molecule is C=C1C[C@@]23CC[C@@H]1C[C@H]2[C@](C)(CCC(=O)Nc1c(O)ccc(C(=O)O)c1O)C(=O)[C@@H]1O[C@@H]13. The van der Waals surface area contributed by atoms with E-state index >= 15 is 0 Å². The highest BCUT2D eigenvalue weighted by atomic mass is 16.6. The van der Waals surface area contributed by atoms with Gasteiger partial charge in [0, 0.05) is 17.3 Å². The molecule has 6 atom stereocenters. The van der Waals surface area contributed by atoms with Gasteiger partial charge in [0.2, 0.25) is 5.91 Å². The number of carboxylic acid groups (broad SMARTS) is 1. The van der Waals surface area contributed by atoms with Crippen molar-refractivity contribution < 1.29 is 34.4 Å². The summed E-state index contributed by atoms with van der Waals surface area (Å²) in [6.45, 7) is 6.21. The average molecular weight is 441 g/mol. The van der Waals surface area contributed by atoms with E-state index in [0.29, 0.717) is 12.3 Å². The summed E-state index contributed by atoms with van der Waals surface area (Å²) in [4.78, 5) is 37.2. The Morgan fingerprint density at radius 2 is 2.06 bits per heavy atom. The number of ether oxygens (including phenoxy) is 1. The summed E-state index contributed by atoms with van der Waals surface area (Å²) in [7, 11) is 0. The molecule has 5 fully saturated rings. The lowest BCUT2D eigenvalue weighted by Crippen LogP contribution is -2.60. The Morgan fingerprint density at radius 3 is 2.75 bits per heavy atom. The normalized spacial score (nSPS) is 36.9. The summed E-state index contributed by atoms with van der Waals surface area (Å²) in [6, 6.07) is 2.16. The Kier molecular flexibility index (Phi) is 4.47. The predicted molar refractivity (Wildman–Crippen MR) is 113 cm³/mol. The van der Waals surface area contributed by atoms with Gasteiger partial charge in [-0.25, -0.2) is 4.79 Å². The van der Waals surface area contributed by atoms with Gasteiger partial charge in [-0.3, -0.25) is 9.59 Å². The molecule has 1 heterocycles. The van der Waals surface area contributed by atoms with E-state index in [1.165, 1.54) is 5.57 Å². The molecule has 1 saturated heterocycles. The molecule has 0 unspecified atom stereocenters. The van der Waals surface area contributed by atoms with Gasteiger partial charge in [-0.05, 0) is 56.1 Å². The number of benzene rings is 1. The molecule has 0 aromatic heterocycles. The fourth-order valence-electron chi connectivity index (χ4n) is 6.73. The van der Waals surface area contributed by atoms with Crippen LogP contribution in [0.3, 0.4) is 0 Å². The van der Waals surface area contributed by atoms with Crippen LogP contribution < -0.4 is 5.32 Å². The molecule has 8 heteroatoms. The third-order valence-corrected chi connectivity index (χ3v) is 8.48. The van der Waals surface area contributed by atoms with Gasteiger partial charge in [-0.2, -0.15) is 0 Å². The van der Waals surface area contributed by atoms with Crippen molar-refractivity contribution in [1.82, 2.24) is 0 Å². The summed E-state index contributed by atoms with van der Waals surface area (Å²) in [6.07, 6.45) is 3.73. The second-order valence-electron chi connectivity index (χ2n) is 10.1. The van der Waals surface area contributed by atoms with E-state index in [0.717, 1.165) is 37.8 Å². The van der Waals surface area contributed by atoms with Gasteiger partial charge in [0.15, 0.2) is 11.5 Å². The third-order valence-electron chi connectivity index (χ3n) is 8.48. The molecule has 4 N–H and O–H groups in total. The van der Waals surface area contributed by atoms with Crippen LogP contribution in [0.15, 0.2) is 24.3 Å². The maximum absolute atomic E-state index is 13.3. The Balaban J connectivity index is 1.35. The van der Waals surface area contributed by atoms with Gasteiger partial charge < -0.3 is 25.4 Å². The lowest BCUT2D eigenvalue weighted by molar-refractivity contribution is -0.147. The maximum atomic E-state index is 13.3. The molecule has 4 saturated carbocycles. The summed E-state index contributed by atoms with van der Waals surface area (Å²) in [5.41, 5.74) is -0.306. The van der Waals surface area contributed by atoms with Crippen molar-refractivity contribution >= 4 is 23.3 Å². The second-order valence-corrected chi connectivity index (χ2v) is 10.1. The van der Waals surface area contributed by atoms with Crippen LogP contribution in [0.2, 0.25) is 0 Å². The molecule has 5 aliphatic rings. The number of amides is 1. The van der Waals surface area contributed by atoms with E-state index in [9.17, 15) is 24.6 Å². The minimum Gasteiger partial charge on any atom is -0.506 e. The number of phenolic OH excluding ortho intramolecular Hbond substituents is 1. The smallest absolute Gasteiger partial charge is 0.339 e. The lowest BCUT2D eigenvalue weighted by Gasteiger charge is -2.59. The topological polar surface area (TPSA) is 136 Å². The number of aromatic hydroxyl groups is 2. The molecule has 4 aliphatic carbocycles. The predicted octanol–water partition coefficient (Wildman–Crippen LogP) is 3.23. The van der Waals surface area contributed by atoms with Crippen LogP contribution in [-0.4, -0.2) is 45.2 Å². The zero-order chi connectivity index (χ0) is 23.0. The van der Waals surface area contributed by atoms with E-state index in [-0.39, 0.29) is 35.3 Å². The number of hydrogen-bond acceptors (Lipinski definition) is 6.